The molecule has 0 aliphatic rings. The van der Waals surface area contributed by atoms with Gasteiger partial charge in [-0.15, -0.1) is 6.58 Å². The van der Waals surface area contributed by atoms with Gasteiger partial charge < -0.3 is 15.4 Å². The molecule has 1 aromatic rings. The van der Waals surface area contributed by atoms with Crippen LogP contribution in [0.2, 0.25) is 0 Å². The Labute approximate surface area is 102 Å². The van der Waals surface area contributed by atoms with Crippen molar-refractivity contribution >= 4 is 11.6 Å². The highest BCUT2D eigenvalue weighted by molar-refractivity contribution is 5.96. The van der Waals surface area contributed by atoms with Gasteiger partial charge in [-0.25, -0.2) is 0 Å². The van der Waals surface area contributed by atoms with E-state index in [0.29, 0.717) is 12.2 Å². The fourth-order valence-electron chi connectivity index (χ4n) is 1.48. The van der Waals surface area contributed by atoms with Crippen LogP contribution in [0, 0.1) is 0 Å². The minimum Gasteiger partial charge on any atom is -0.497 e. The van der Waals surface area contributed by atoms with Crippen LogP contribution in [0.1, 0.15) is 6.42 Å². The number of nitrogens with zero attached hydrogens (tertiary/aromatic N) is 1. The van der Waals surface area contributed by atoms with Gasteiger partial charge in [0.1, 0.15) is 5.75 Å². The molecule has 0 saturated carbocycles. The van der Waals surface area contributed by atoms with Crippen molar-refractivity contribution in [3.8, 4) is 5.75 Å². The third-order valence-electron chi connectivity index (χ3n) is 2.51. The van der Waals surface area contributed by atoms with Gasteiger partial charge in [-0.1, -0.05) is 12.1 Å². The molecule has 1 unspecified atom stereocenters. The highest BCUT2D eigenvalue weighted by atomic mass is 16.5. The van der Waals surface area contributed by atoms with Crippen molar-refractivity contribution in [2.45, 2.75) is 12.5 Å². The molecule has 0 aliphatic heterocycles. The summed E-state index contributed by atoms with van der Waals surface area (Å²) in [7, 11) is 3.28. The SMILES string of the molecule is C=CCC(N)C(=O)N(C)c1cccc(OC)c1. The van der Waals surface area contributed by atoms with Crippen molar-refractivity contribution in [3.05, 3.63) is 36.9 Å². The van der Waals surface area contributed by atoms with Crippen LogP contribution in [0.5, 0.6) is 5.75 Å². The number of ether oxygens (including phenoxy) is 1. The van der Waals surface area contributed by atoms with E-state index in [0.717, 1.165) is 5.69 Å². The first kappa shape index (κ1) is 13.3. The lowest BCUT2D eigenvalue weighted by atomic mass is 10.2. The summed E-state index contributed by atoms with van der Waals surface area (Å²) in [5.41, 5.74) is 6.50. The summed E-state index contributed by atoms with van der Waals surface area (Å²) in [5, 5.41) is 0. The van der Waals surface area contributed by atoms with Crippen LogP contribution in [-0.2, 0) is 4.79 Å². The van der Waals surface area contributed by atoms with Gasteiger partial charge >= 0.3 is 0 Å². The quantitative estimate of drug-likeness (QED) is 0.787. The van der Waals surface area contributed by atoms with E-state index in [1.165, 1.54) is 4.90 Å². The highest BCUT2D eigenvalue weighted by Gasteiger charge is 2.18. The first-order valence-corrected chi connectivity index (χ1v) is 5.38. The second kappa shape index (κ2) is 6.06. The van der Waals surface area contributed by atoms with E-state index in [4.69, 9.17) is 10.5 Å². The van der Waals surface area contributed by atoms with Gasteiger partial charge in [0.05, 0.1) is 13.2 Å². The maximum Gasteiger partial charge on any atom is 0.243 e. The molecule has 4 nitrogen and oxygen atoms in total. The van der Waals surface area contributed by atoms with Crippen LogP contribution in [0.4, 0.5) is 5.69 Å². The average molecular weight is 234 g/mol. The largest absolute Gasteiger partial charge is 0.497 e. The smallest absolute Gasteiger partial charge is 0.243 e. The number of carbonyl (C=O) groups excluding carboxylic acids is 1. The first-order chi connectivity index (χ1) is 8.10. The topological polar surface area (TPSA) is 55.6 Å². The predicted molar refractivity (Wildman–Crippen MR) is 69.2 cm³/mol. The molecule has 1 amide bonds. The predicted octanol–water partition coefficient (Wildman–Crippen LogP) is 1.56. The van der Waals surface area contributed by atoms with Gasteiger partial charge in [0.2, 0.25) is 5.91 Å². The zero-order valence-corrected chi connectivity index (χ0v) is 10.2. The van der Waals surface area contributed by atoms with Crippen LogP contribution < -0.4 is 15.4 Å². The summed E-state index contributed by atoms with van der Waals surface area (Å²) in [6.45, 7) is 3.57. The molecule has 0 bridgehead atoms. The number of benzene rings is 1. The van der Waals surface area contributed by atoms with Gasteiger partial charge in [-0.05, 0) is 18.6 Å². The molecule has 1 rings (SSSR count). The molecule has 1 aromatic carbocycles. The Morgan fingerprint density at radius 2 is 2.35 bits per heavy atom. The molecule has 2 N–H and O–H groups in total. The number of carbonyl (C=O) groups is 1. The van der Waals surface area contributed by atoms with E-state index in [2.05, 4.69) is 6.58 Å². The lowest BCUT2D eigenvalue weighted by molar-refractivity contribution is -0.119. The second-order valence-electron chi connectivity index (χ2n) is 3.73. The monoisotopic (exact) mass is 234 g/mol. The Morgan fingerprint density at radius 3 is 2.94 bits per heavy atom. The van der Waals surface area contributed by atoms with E-state index in [1.807, 2.05) is 18.2 Å². The number of nitrogens with two attached hydrogens (primary N) is 1. The standard InChI is InChI=1S/C13H18N2O2/c1-4-6-12(14)13(16)15(2)10-7-5-8-11(9-10)17-3/h4-5,7-9,12H,1,6,14H2,2-3H3. The van der Waals surface area contributed by atoms with Crippen molar-refractivity contribution < 1.29 is 9.53 Å². The van der Waals surface area contributed by atoms with Crippen molar-refractivity contribution in [1.29, 1.82) is 0 Å². The van der Waals surface area contributed by atoms with Gasteiger partial charge in [0, 0.05) is 18.8 Å². The molecule has 0 aliphatic carbocycles. The van der Waals surface area contributed by atoms with Crippen LogP contribution in [-0.4, -0.2) is 26.1 Å². The maximum absolute atomic E-state index is 11.9. The summed E-state index contributed by atoms with van der Waals surface area (Å²) in [4.78, 5) is 13.5. The van der Waals surface area contributed by atoms with E-state index in [-0.39, 0.29) is 5.91 Å². The Morgan fingerprint density at radius 1 is 1.65 bits per heavy atom. The highest BCUT2D eigenvalue weighted by Crippen LogP contribution is 2.20. The van der Waals surface area contributed by atoms with Crippen LogP contribution in [0.25, 0.3) is 0 Å². The molecule has 1 atom stereocenters. The van der Waals surface area contributed by atoms with Crippen molar-refractivity contribution in [1.82, 2.24) is 0 Å². The fourth-order valence-corrected chi connectivity index (χ4v) is 1.48. The lowest BCUT2D eigenvalue weighted by Gasteiger charge is -2.21. The average Bonchev–Trinajstić information content (AvgIpc) is 2.37. The number of likely N-dealkylation sites (N-methyl/N-ethyl adjacent to an activating group) is 1. The van der Waals surface area contributed by atoms with E-state index >= 15 is 0 Å². The van der Waals surface area contributed by atoms with Crippen molar-refractivity contribution in [2.75, 3.05) is 19.1 Å². The molecular weight excluding hydrogens is 216 g/mol. The number of methoxy groups -OCH3 is 1. The van der Waals surface area contributed by atoms with Crippen LogP contribution in [0.15, 0.2) is 36.9 Å². The molecule has 0 heterocycles. The zero-order valence-electron chi connectivity index (χ0n) is 10.2. The third kappa shape index (κ3) is 3.32. The molecule has 0 aromatic heterocycles. The first-order valence-electron chi connectivity index (χ1n) is 5.38. The van der Waals surface area contributed by atoms with E-state index in [1.54, 1.807) is 26.3 Å². The van der Waals surface area contributed by atoms with E-state index in [9.17, 15) is 4.79 Å². The Bertz CT molecular complexity index is 404. The summed E-state index contributed by atoms with van der Waals surface area (Å²) in [6, 6.07) is 6.73. The molecule has 4 heteroatoms. The summed E-state index contributed by atoms with van der Waals surface area (Å²) >= 11 is 0. The molecule has 0 saturated heterocycles. The van der Waals surface area contributed by atoms with Crippen LogP contribution in [0.3, 0.4) is 0 Å². The number of hydrogen-bond acceptors (Lipinski definition) is 3. The number of amides is 1. The lowest BCUT2D eigenvalue weighted by Crippen LogP contribution is -2.41. The summed E-state index contributed by atoms with van der Waals surface area (Å²) < 4.78 is 5.11. The van der Waals surface area contributed by atoms with Gasteiger partial charge in [-0.3, -0.25) is 4.79 Å². The molecule has 0 spiro atoms. The molecule has 0 radical (unpaired) electrons. The normalized spacial score (nSPS) is 11.7. The molecule has 92 valence electrons. The van der Waals surface area contributed by atoms with Crippen molar-refractivity contribution in [3.63, 3.8) is 0 Å². The summed E-state index contributed by atoms with van der Waals surface area (Å²) in [6.07, 6.45) is 2.11. The number of hydrogen-bond donors (Lipinski definition) is 1. The molecular formula is C13H18N2O2. The van der Waals surface area contributed by atoms with Crippen molar-refractivity contribution in [2.24, 2.45) is 5.73 Å². The van der Waals surface area contributed by atoms with Gasteiger partial charge in [-0.2, -0.15) is 0 Å². The Balaban J connectivity index is 2.84. The maximum atomic E-state index is 11.9. The minimum atomic E-state index is -0.552. The van der Waals surface area contributed by atoms with E-state index < -0.39 is 6.04 Å². The Kier molecular flexibility index (Phi) is 4.72. The Hall–Kier alpha value is -1.81. The third-order valence-corrected chi connectivity index (χ3v) is 2.51. The zero-order chi connectivity index (χ0) is 12.8. The van der Waals surface area contributed by atoms with Crippen LogP contribution >= 0.6 is 0 Å². The van der Waals surface area contributed by atoms with Gasteiger partial charge in [0.15, 0.2) is 0 Å². The molecule has 0 fully saturated rings. The van der Waals surface area contributed by atoms with Gasteiger partial charge in [0.25, 0.3) is 0 Å². The number of anilines is 1. The second-order valence-corrected chi connectivity index (χ2v) is 3.73. The fraction of sp³-hybridized carbons (Fsp3) is 0.308. The molecule has 17 heavy (non-hydrogen) atoms. The summed E-state index contributed by atoms with van der Waals surface area (Å²) in [5.74, 6) is 0.567. The number of rotatable bonds is 5. The minimum absolute atomic E-state index is 0.141.